The van der Waals surface area contributed by atoms with Crippen LogP contribution in [0.25, 0.3) is 0 Å². The van der Waals surface area contributed by atoms with Crippen LogP contribution in [0.3, 0.4) is 0 Å². The van der Waals surface area contributed by atoms with E-state index in [4.69, 9.17) is 10.5 Å². The molecule has 1 aromatic rings. The maximum Gasteiger partial charge on any atom is 0.408 e. The summed E-state index contributed by atoms with van der Waals surface area (Å²) in [6, 6.07) is 2.93. The Kier molecular flexibility index (Phi) is 9.88. The second kappa shape index (κ2) is 11.6. The topological polar surface area (TPSA) is 131 Å². The van der Waals surface area contributed by atoms with Gasteiger partial charge in [0.2, 0.25) is 17.7 Å². The number of hydrogen-bond acceptors (Lipinski definition) is 5. The molecule has 2 unspecified atom stereocenters. The first-order valence-corrected chi connectivity index (χ1v) is 11.8. The zero-order valence-corrected chi connectivity index (χ0v) is 22.7. The molecule has 0 heterocycles. The fourth-order valence-electron chi connectivity index (χ4n) is 3.75. The molecule has 0 aliphatic heterocycles. The standard InChI is InChI=1S/C26H42N4O5/c1-15(2)30(23(33)19(14-20(27)31)28-24(34)35-26(8,9)10)21(22(32)29-25(5,6)7)18-12-16(3)11-17(4)13-18/h11-13,15,19,21H,14H2,1-10H3,(H2,27,31)(H,28,34)(H,29,32). The Morgan fingerprint density at radius 3 is 1.89 bits per heavy atom. The smallest absolute Gasteiger partial charge is 0.408 e. The number of aryl methyl sites for hydroxylation is 2. The first-order valence-electron chi connectivity index (χ1n) is 11.8. The molecular weight excluding hydrogens is 448 g/mol. The number of primary amides is 1. The molecular formula is C26H42N4O5. The highest BCUT2D eigenvalue weighted by Gasteiger charge is 2.39. The van der Waals surface area contributed by atoms with Gasteiger partial charge in [-0.15, -0.1) is 0 Å². The fourth-order valence-corrected chi connectivity index (χ4v) is 3.75. The van der Waals surface area contributed by atoms with E-state index in [0.29, 0.717) is 5.56 Å². The quantitative estimate of drug-likeness (QED) is 0.515. The average molecular weight is 491 g/mol. The summed E-state index contributed by atoms with van der Waals surface area (Å²) in [7, 11) is 0. The number of nitrogens with zero attached hydrogens (tertiary/aromatic N) is 1. The molecule has 9 heteroatoms. The Balaban J connectivity index is 3.57. The van der Waals surface area contributed by atoms with Crippen molar-refractivity contribution in [1.82, 2.24) is 15.5 Å². The van der Waals surface area contributed by atoms with Crippen LogP contribution in [0.4, 0.5) is 4.79 Å². The predicted molar refractivity (Wildman–Crippen MR) is 136 cm³/mol. The normalized spacial score (nSPS) is 13.6. The molecule has 35 heavy (non-hydrogen) atoms. The zero-order chi connectivity index (χ0) is 27.3. The van der Waals surface area contributed by atoms with Crippen molar-refractivity contribution in [2.45, 2.75) is 105 Å². The summed E-state index contributed by atoms with van der Waals surface area (Å²) in [6.07, 6.45) is -1.30. The van der Waals surface area contributed by atoms with Gasteiger partial charge < -0.3 is 26.0 Å². The SMILES string of the molecule is Cc1cc(C)cc(C(C(=O)NC(C)(C)C)N(C(=O)C(CC(N)=O)NC(=O)OC(C)(C)C)C(C)C)c1. The molecule has 196 valence electrons. The first-order chi connectivity index (χ1) is 15.8. The van der Waals surface area contributed by atoms with Crippen LogP contribution < -0.4 is 16.4 Å². The monoisotopic (exact) mass is 490 g/mol. The van der Waals surface area contributed by atoms with E-state index in [1.54, 1.807) is 34.6 Å². The van der Waals surface area contributed by atoms with Gasteiger partial charge in [0.05, 0.1) is 6.42 Å². The van der Waals surface area contributed by atoms with E-state index in [1.807, 2.05) is 52.8 Å². The summed E-state index contributed by atoms with van der Waals surface area (Å²) in [6.45, 7) is 18.0. The third-order valence-electron chi connectivity index (χ3n) is 4.79. The number of carbonyl (C=O) groups excluding carboxylic acids is 4. The average Bonchev–Trinajstić information content (AvgIpc) is 2.60. The molecule has 0 saturated heterocycles. The van der Waals surface area contributed by atoms with Crippen LogP contribution in [-0.4, -0.2) is 51.9 Å². The molecule has 0 aromatic heterocycles. The van der Waals surface area contributed by atoms with Crippen LogP contribution >= 0.6 is 0 Å². The van der Waals surface area contributed by atoms with Gasteiger partial charge in [-0.2, -0.15) is 0 Å². The van der Waals surface area contributed by atoms with E-state index >= 15 is 0 Å². The van der Waals surface area contributed by atoms with E-state index < -0.39 is 53.6 Å². The van der Waals surface area contributed by atoms with E-state index in [1.165, 1.54) is 4.90 Å². The number of rotatable bonds is 8. The summed E-state index contributed by atoms with van der Waals surface area (Å²) >= 11 is 0. The Morgan fingerprint density at radius 1 is 0.971 bits per heavy atom. The molecule has 1 rings (SSSR count). The minimum absolute atomic E-state index is 0.375. The first kappa shape index (κ1) is 29.9. The van der Waals surface area contributed by atoms with Crippen LogP contribution in [-0.2, 0) is 19.1 Å². The van der Waals surface area contributed by atoms with Crippen molar-refractivity contribution in [2.24, 2.45) is 5.73 Å². The molecule has 4 N–H and O–H groups in total. The molecule has 0 aliphatic rings. The van der Waals surface area contributed by atoms with Crippen LogP contribution in [0.1, 0.15) is 84.5 Å². The zero-order valence-electron chi connectivity index (χ0n) is 22.7. The summed E-state index contributed by atoms with van der Waals surface area (Å²) in [5.74, 6) is -1.76. The Hall–Kier alpha value is -3.10. The van der Waals surface area contributed by atoms with Gasteiger partial charge in [-0.1, -0.05) is 29.3 Å². The Morgan fingerprint density at radius 2 is 1.49 bits per heavy atom. The molecule has 1 aromatic carbocycles. The Bertz CT molecular complexity index is 924. The summed E-state index contributed by atoms with van der Waals surface area (Å²) in [5, 5.41) is 5.43. The second-order valence-electron chi connectivity index (χ2n) is 11.3. The lowest BCUT2D eigenvalue weighted by Crippen LogP contribution is -2.57. The van der Waals surface area contributed by atoms with E-state index in [9.17, 15) is 19.2 Å². The van der Waals surface area contributed by atoms with Crippen molar-refractivity contribution in [2.75, 3.05) is 0 Å². The molecule has 9 nitrogen and oxygen atoms in total. The summed E-state index contributed by atoms with van der Waals surface area (Å²) < 4.78 is 5.28. The molecule has 0 fully saturated rings. The van der Waals surface area contributed by atoms with E-state index in [-0.39, 0.29) is 5.91 Å². The second-order valence-corrected chi connectivity index (χ2v) is 11.3. The number of alkyl carbamates (subject to hydrolysis) is 1. The van der Waals surface area contributed by atoms with E-state index in [0.717, 1.165) is 11.1 Å². The number of nitrogens with two attached hydrogens (primary N) is 1. The van der Waals surface area contributed by atoms with Crippen molar-refractivity contribution in [3.05, 3.63) is 34.9 Å². The van der Waals surface area contributed by atoms with Crippen molar-refractivity contribution >= 4 is 23.8 Å². The minimum Gasteiger partial charge on any atom is -0.444 e. The van der Waals surface area contributed by atoms with Gasteiger partial charge in [0.1, 0.15) is 17.7 Å². The van der Waals surface area contributed by atoms with Gasteiger partial charge in [-0.3, -0.25) is 14.4 Å². The summed E-state index contributed by atoms with van der Waals surface area (Å²) in [5.41, 5.74) is 6.53. The van der Waals surface area contributed by atoms with Gasteiger partial charge in [-0.25, -0.2) is 4.79 Å². The van der Waals surface area contributed by atoms with Crippen LogP contribution in [0, 0.1) is 13.8 Å². The molecule has 2 atom stereocenters. The van der Waals surface area contributed by atoms with Crippen molar-refractivity contribution in [3.8, 4) is 0 Å². The third kappa shape index (κ3) is 9.96. The lowest BCUT2D eigenvalue weighted by molar-refractivity contribution is -0.146. The van der Waals surface area contributed by atoms with Gasteiger partial charge >= 0.3 is 6.09 Å². The van der Waals surface area contributed by atoms with Gasteiger partial charge in [0.25, 0.3) is 0 Å². The molecule has 0 radical (unpaired) electrons. The van der Waals surface area contributed by atoms with Gasteiger partial charge in [0.15, 0.2) is 0 Å². The van der Waals surface area contributed by atoms with Gasteiger partial charge in [0, 0.05) is 11.6 Å². The highest BCUT2D eigenvalue weighted by molar-refractivity contribution is 5.94. The van der Waals surface area contributed by atoms with Crippen LogP contribution in [0.15, 0.2) is 18.2 Å². The lowest BCUT2D eigenvalue weighted by atomic mass is 9.96. The van der Waals surface area contributed by atoms with Crippen molar-refractivity contribution in [1.29, 1.82) is 0 Å². The number of nitrogens with one attached hydrogen (secondary N) is 2. The van der Waals surface area contributed by atoms with E-state index in [2.05, 4.69) is 10.6 Å². The maximum atomic E-state index is 13.8. The van der Waals surface area contributed by atoms with Crippen molar-refractivity contribution in [3.63, 3.8) is 0 Å². The predicted octanol–water partition coefficient (Wildman–Crippen LogP) is 3.26. The Labute approximate surface area is 209 Å². The molecule has 0 bridgehead atoms. The number of carbonyl (C=O) groups is 4. The summed E-state index contributed by atoms with van der Waals surface area (Å²) in [4.78, 5) is 53.1. The van der Waals surface area contributed by atoms with Gasteiger partial charge in [-0.05, 0) is 74.8 Å². The van der Waals surface area contributed by atoms with Crippen LogP contribution in [0.2, 0.25) is 0 Å². The number of amides is 4. The number of benzene rings is 1. The molecule has 0 saturated carbocycles. The number of hydrogen-bond donors (Lipinski definition) is 3. The third-order valence-corrected chi connectivity index (χ3v) is 4.79. The highest BCUT2D eigenvalue weighted by atomic mass is 16.6. The maximum absolute atomic E-state index is 13.8. The van der Waals surface area contributed by atoms with Crippen molar-refractivity contribution < 1.29 is 23.9 Å². The number of ether oxygens (including phenoxy) is 1. The highest BCUT2D eigenvalue weighted by Crippen LogP contribution is 2.28. The molecule has 0 spiro atoms. The largest absolute Gasteiger partial charge is 0.444 e. The lowest BCUT2D eigenvalue weighted by Gasteiger charge is -2.38. The minimum atomic E-state index is -1.31. The van der Waals surface area contributed by atoms with Crippen LogP contribution in [0.5, 0.6) is 0 Å². The molecule has 4 amide bonds. The molecule has 0 aliphatic carbocycles. The fraction of sp³-hybridized carbons (Fsp3) is 0.615.